The average Bonchev–Trinajstić information content (AvgIpc) is 3.26. The number of nitrogens with zero attached hydrogens (tertiary/aromatic N) is 1. The smallest absolute Gasteiger partial charge is 0.163 e. The first-order chi connectivity index (χ1) is 18.1. The topological polar surface area (TPSA) is 63.3 Å². The van der Waals surface area contributed by atoms with Gasteiger partial charge in [0.2, 0.25) is 0 Å². The van der Waals surface area contributed by atoms with Gasteiger partial charge >= 0.3 is 0 Å². The van der Waals surface area contributed by atoms with Crippen molar-refractivity contribution in [1.29, 1.82) is 0 Å². The molecule has 0 spiro atoms. The number of ketones is 1. The molecule has 0 amide bonds. The maximum Gasteiger partial charge on any atom is 0.163 e. The van der Waals surface area contributed by atoms with Gasteiger partial charge < -0.3 is 14.5 Å². The third-order valence-corrected chi connectivity index (χ3v) is 6.69. The molecule has 6 rings (SSSR count). The molecular weight excluding hydrogens is 663 g/mol. The van der Waals surface area contributed by atoms with Gasteiger partial charge in [-0.2, -0.15) is 0 Å². The molecule has 0 bridgehead atoms. The standard InChI is InChI=1S/C26H22NO.C8H8O2.Ir/c1-16-13-21-20-7-5-6-8-23(20)28-25(21)22(14-16)24-19-10-9-18(26(2,3)4)15-17(19)11-12-27-24;1-6(9)7-4-2-3-5-8(7)10;/h5-13,15H,1-4H3;2-5,10H,1H3;/q-1;;. The van der Waals surface area contributed by atoms with Crippen LogP contribution in [-0.4, -0.2) is 15.9 Å². The van der Waals surface area contributed by atoms with Crippen LogP contribution in [0, 0.1) is 13.0 Å². The number of aryl methyl sites for hydroxylation is 1. The van der Waals surface area contributed by atoms with Gasteiger partial charge in [-0.05, 0) is 58.6 Å². The minimum atomic E-state index is -0.113. The summed E-state index contributed by atoms with van der Waals surface area (Å²) in [7, 11) is 0. The van der Waals surface area contributed by atoms with E-state index in [0.717, 1.165) is 44.1 Å². The van der Waals surface area contributed by atoms with E-state index in [4.69, 9.17) is 14.5 Å². The van der Waals surface area contributed by atoms with Gasteiger partial charge in [-0.15, -0.1) is 17.7 Å². The minimum Gasteiger partial charge on any atom is -0.507 e. The Hall–Kier alpha value is -3.79. The van der Waals surface area contributed by atoms with E-state index in [2.05, 4.69) is 70.2 Å². The molecule has 0 saturated carbocycles. The van der Waals surface area contributed by atoms with Crippen LogP contribution in [0.1, 0.15) is 49.2 Å². The number of benzene rings is 4. The van der Waals surface area contributed by atoms with E-state index < -0.39 is 0 Å². The number of Topliss-reactive ketones (excluding diaryl/α,β-unsaturated/α-hetero) is 1. The number of phenolic OH excluding ortho intramolecular Hbond substituents is 1. The largest absolute Gasteiger partial charge is 0.507 e. The number of pyridine rings is 1. The molecule has 1 N–H and O–H groups in total. The van der Waals surface area contributed by atoms with Gasteiger partial charge in [0.15, 0.2) is 5.78 Å². The van der Waals surface area contributed by atoms with Crippen molar-refractivity contribution in [2.75, 3.05) is 0 Å². The molecule has 0 unspecified atom stereocenters. The quantitative estimate of drug-likeness (QED) is 0.146. The zero-order chi connectivity index (χ0) is 27.0. The summed E-state index contributed by atoms with van der Waals surface area (Å²) in [6, 6.07) is 29.1. The Morgan fingerprint density at radius 3 is 2.31 bits per heavy atom. The Morgan fingerprint density at radius 2 is 1.62 bits per heavy atom. The Bertz CT molecular complexity index is 1810. The number of rotatable bonds is 2. The first-order valence-corrected chi connectivity index (χ1v) is 12.7. The molecule has 5 heteroatoms. The summed E-state index contributed by atoms with van der Waals surface area (Å²) in [5.74, 6) is -0.0619. The van der Waals surface area contributed by atoms with E-state index in [9.17, 15) is 4.79 Å². The molecule has 39 heavy (non-hydrogen) atoms. The van der Waals surface area contributed by atoms with Gasteiger partial charge in [0, 0.05) is 31.7 Å². The molecule has 4 aromatic carbocycles. The van der Waals surface area contributed by atoms with Crippen LogP contribution in [0.5, 0.6) is 5.75 Å². The van der Waals surface area contributed by atoms with Crippen LogP contribution >= 0.6 is 0 Å². The van der Waals surface area contributed by atoms with E-state index in [0.29, 0.717) is 5.56 Å². The van der Waals surface area contributed by atoms with Crippen LogP contribution in [0.3, 0.4) is 0 Å². The second-order valence-corrected chi connectivity index (χ2v) is 10.6. The summed E-state index contributed by atoms with van der Waals surface area (Å²) in [4.78, 5) is 15.4. The van der Waals surface area contributed by atoms with Crippen molar-refractivity contribution >= 4 is 38.5 Å². The summed E-state index contributed by atoms with van der Waals surface area (Å²) in [5.41, 5.74) is 6.49. The van der Waals surface area contributed by atoms with Crippen LogP contribution in [0.15, 0.2) is 89.5 Å². The van der Waals surface area contributed by atoms with Gasteiger partial charge in [-0.25, -0.2) is 0 Å². The molecule has 4 nitrogen and oxygen atoms in total. The summed E-state index contributed by atoms with van der Waals surface area (Å²) in [6.07, 6.45) is 1.88. The second-order valence-electron chi connectivity index (χ2n) is 10.6. The maximum absolute atomic E-state index is 10.7. The van der Waals surface area contributed by atoms with Crippen LogP contribution in [0.25, 0.3) is 44.0 Å². The molecule has 0 atom stereocenters. The van der Waals surface area contributed by atoms with Crippen molar-refractivity contribution in [1.82, 2.24) is 4.98 Å². The number of carbonyl (C=O) groups excluding carboxylic acids is 1. The number of carbonyl (C=O) groups is 1. The summed E-state index contributed by atoms with van der Waals surface area (Å²) in [6.45, 7) is 10.2. The zero-order valence-electron chi connectivity index (χ0n) is 22.6. The Kier molecular flexibility index (Phi) is 8.06. The van der Waals surface area contributed by atoms with Crippen molar-refractivity contribution in [3.05, 3.63) is 108 Å². The fourth-order valence-corrected chi connectivity index (χ4v) is 4.68. The number of furan rings is 1. The van der Waals surface area contributed by atoms with Crippen molar-refractivity contribution in [2.45, 2.75) is 40.0 Å². The molecular formula is C34H30IrNO3-. The Labute approximate surface area is 242 Å². The average molecular weight is 693 g/mol. The monoisotopic (exact) mass is 693 g/mol. The third-order valence-electron chi connectivity index (χ3n) is 6.69. The van der Waals surface area contributed by atoms with E-state index >= 15 is 0 Å². The van der Waals surface area contributed by atoms with Crippen molar-refractivity contribution < 1.29 is 34.4 Å². The second kappa shape index (κ2) is 11.1. The number of aromatic hydroxyl groups is 1. The normalized spacial score (nSPS) is 11.2. The van der Waals surface area contributed by atoms with Crippen LogP contribution in [-0.2, 0) is 25.5 Å². The van der Waals surface area contributed by atoms with Gasteiger partial charge in [0.05, 0.1) is 11.1 Å². The molecule has 6 aromatic rings. The summed E-state index contributed by atoms with van der Waals surface area (Å²) >= 11 is 0. The van der Waals surface area contributed by atoms with Crippen molar-refractivity contribution in [3.8, 4) is 17.0 Å². The molecule has 0 aliphatic heterocycles. The molecule has 2 heterocycles. The molecule has 199 valence electrons. The van der Waals surface area contributed by atoms with Gasteiger partial charge in [0.1, 0.15) is 11.3 Å². The number of aromatic nitrogens is 1. The Morgan fingerprint density at radius 1 is 0.897 bits per heavy atom. The SMILES string of the molecule is CC(=O)c1ccccc1O.Cc1[c-]c(-c2nccc3cc(C(C)(C)C)ccc23)c2oc3ccccc3c2c1.[Ir]. The Balaban J connectivity index is 0.000000273. The number of hydrogen-bond donors (Lipinski definition) is 1. The number of para-hydroxylation sites is 2. The van der Waals surface area contributed by atoms with E-state index in [1.165, 1.54) is 23.9 Å². The van der Waals surface area contributed by atoms with Crippen molar-refractivity contribution in [2.24, 2.45) is 0 Å². The predicted octanol–water partition coefficient (Wildman–Crippen LogP) is 8.80. The fourth-order valence-electron chi connectivity index (χ4n) is 4.68. The summed E-state index contributed by atoms with van der Waals surface area (Å²) < 4.78 is 6.25. The van der Waals surface area contributed by atoms with Crippen LogP contribution in [0.2, 0.25) is 0 Å². The number of phenols is 1. The van der Waals surface area contributed by atoms with E-state index in [1.807, 2.05) is 24.4 Å². The first kappa shape index (κ1) is 28.2. The van der Waals surface area contributed by atoms with Crippen LogP contribution < -0.4 is 0 Å². The van der Waals surface area contributed by atoms with E-state index in [1.54, 1.807) is 18.2 Å². The third kappa shape index (κ3) is 5.66. The first-order valence-electron chi connectivity index (χ1n) is 12.7. The number of fused-ring (bicyclic) bond motifs is 4. The zero-order valence-corrected chi connectivity index (χ0v) is 25.0. The van der Waals surface area contributed by atoms with Crippen molar-refractivity contribution in [3.63, 3.8) is 0 Å². The predicted molar refractivity (Wildman–Crippen MR) is 155 cm³/mol. The molecule has 2 aromatic heterocycles. The molecule has 0 saturated heterocycles. The number of hydrogen-bond acceptors (Lipinski definition) is 4. The van der Waals surface area contributed by atoms with Gasteiger partial charge in [0.25, 0.3) is 0 Å². The minimum absolute atomic E-state index is 0. The molecule has 0 aliphatic rings. The van der Waals surface area contributed by atoms with Gasteiger partial charge in [-0.1, -0.05) is 87.2 Å². The molecule has 0 aliphatic carbocycles. The summed E-state index contributed by atoms with van der Waals surface area (Å²) in [5, 5.41) is 13.6. The maximum atomic E-state index is 10.7. The van der Waals surface area contributed by atoms with E-state index in [-0.39, 0.29) is 37.1 Å². The molecule has 1 radical (unpaired) electrons. The fraction of sp³-hybridized carbons (Fsp3) is 0.176. The van der Waals surface area contributed by atoms with Crippen LogP contribution in [0.4, 0.5) is 0 Å². The molecule has 0 fully saturated rings. The van der Waals surface area contributed by atoms with Gasteiger partial charge in [-0.3, -0.25) is 4.79 Å².